The van der Waals surface area contributed by atoms with E-state index >= 15 is 0 Å². The number of carbonyl (C=O) groups is 1. The van der Waals surface area contributed by atoms with Gasteiger partial charge in [0.05, 0.1) is 13.2 Å². The third kappa shape index (κ3) is 3.82. The molecule has 3 heterocycles. The summed E-state index contributed by atoms with van der Waals surface area (Å²) in [6.07, 6.45) is 1.97. The largest absolute Gasteiger partial charge is 0.497 e. The van der Waals surface area contributed by atoms with Crippen molar-refractivity contribution in [1.82, 2.24) is 20.7 Å². The molecule has 2 N–H and O–H groups in total. The molecular weight excluding hydrogens is 420 g/mol. The van der Waals surface area contributed by atoms with Crippen molar-refractivity contribution < 1.29 is 19.0 Å². The SMILES string of the molecule is COc1ccc2c(c1)CCC1C(C(=O)N3CCN(Cc4ccc5c(c4)OCO5)CC3)NNC21. The number of hydrazine groups is 1. The van der Waals surface area contributed by atoms with Crippen molar-refractivity contribution in [3.8, 4) is 17.2 Å². The molecule has 0 radical (unpaired) electrons. The van der Waals surface area contributed by atoms with Gasteiger partial charge < -0.3 is 19.1 Å². The zero-order valence-electron chi connectivity index (χ0n) is 18.9. The maximum atomic E-state index is 13.4. The van der Waals surface area contributed by atoms with E-state index in [0.29, 0.717) is 6.79 Å². The van der Waals surface area contributed by atoms with E-state index in [9.17, 15) is 4.79 Å². The van der Waals surface area contributed by atoms with E-state index in [4.69, 9.17) is 14.2 Å². The van der Waals surface area contributed by atoms with Gasteiger partial charge in [-0.25, -0.2) is 10.9 Å². The van der Waals surface area contributed by atoms with Gasteiger partial charge in [0.15, 0.2) is 11.5 Å². The van der Waals surface area contributed by atoms with Gasteiger partial charge >= 0.3 is 0 Å². The van der Waals surface area contributed by atoms with Gasteiger partial charge in [-0.1, -0.05) is 12.1 Å². The molecule has 4 aliphatic rings. The summed E-state index contributed by atoms with van der Waals surface area (Å²) >= 11 is 0. The Morgan fingerprint density at radius 2 is 1.91 bits per heavy atom. The molecule has 33 heavy (non-hydrogen) atoms. The van der Waals surface area contributed by atoms with Crippen LogP contribution in [0.15, 0.2) is 36.4 Å². The monoisotopic (exact) mass is 450 g/mol. The third-order valence-corrected chi connectivity index (χ3v) is 7.48. The molecule has 8 nitrogen and oxygen atoms in total. The highest BCUT2D eigenvalue weighted by molar-refractivity contribution is 5.83. The van der Waals surface area contributed by atoms with Crippen LogP contribution >= 0.6 is 0 Å². The van der Waals surface area contributed by atoms with Crippen LogP contribution in [0.25, 0.3) is 0 Å². The number of hydrogen-bond acceptors (Lipinski definition) is 7. The number of carbonyl (C=O) groups excluding carboxylic acids is 1. The molecule has 2 fully saturated rings. The van der Waals surface area contributed by atoms with Gasteiger partial charge in [0.1, 0.15) is 11.8 Å². The lowest BCUT2D eigenvalue weighted by Crippen LogP contribution is -2.54. The van der Waals surface area contributed by atoms with Crippen LogP contribution < -0.4 is 25.1 Å². The highest BCUT2D eigenvalue weighted by Crippen LogP contribution is 2.40. The summed E-state index contributed by atoms with van der Waals surface area (Å²) in [7, 11) is 1.70. The predicted octanol–water partition coefficient (Wildman–Crippen LogP) is 1.85. The second-order valence-corrected chi connectivity index (χ2v) is 9.30. The fourth-order valence-corrected chi connectivity index (χ4v) is 5.64. The number of nitrogens with zero attached hydrogens (tertiary/aromatic N) is 2. The van der Waals surface area contributed by atoms with Crippen LogP contribution in [0.3, 0.4) is 0 Å². The number of ether oxygens (including phenoxy) is 3. The van der Waals surface area contributed by atoms with Gasteiger partial charge in [-0.15, -0.1) is 0 Å². The summed E-state index contributed by atoms with van der Waals surface area (Å²) in [5.41, 5.74) is 10.5. The minimum atomic E-state index is -0.175. The number of rotatable bonds is 4. The van der Waals surface area contributed by atoms with Crippen LogP contribution in [0.4, 0.5) is 0 Å². The minimum absolute atomic E-state index is 0.168. The van der Waals surface area contributed by atoms with Gasteiger partial charge in [0.25, 0.3) is 0 Å². The fraction of sp³-hybridized carbons (Fsp3) is 0.480. The van der Waals surface area contributed by atoms with E-state index in [-0.39, 0.29) is 23.9 Å². The number of amides is 1. The molecule has 3 atom stereocenters. The molecule has 2 aromatic rings. The standard InChI is InChI=1S/C25H30N4O4/c1-31-18-4-6-19-17(13-18)3-5-20-23(19)26-27-24(20)25(30)29-10-8-28(9-11-29)14-16-2-7-21-22(12-16)33-15-32-21/h2,4,6-7,12-13,20,23-24,26-27H,3,5,8-11,14-15H2,1H3. The second-order valence-electron chi connectivity index (χ2n) is 9.30. The zero-order chi connectivity index (χ0) is 22.4. The van der Waals surface area contributed by atoms with E-state index in [0.717, 1.165) is 62.8 Å². The van der Waals surface area contributed by atoms with Gasteiger partial charge in [0.2, 0.25) is 12.7 Å². The quantitative estimate of drug-likeness (QED) is 0.736. The fourth-order valence-electron chi connectivity index (χ4n) is 5.64. The summed E-state index contributed by atoms with van der Waals surface area (Å²) in [5, 5.41) is 0. The van der Waals surface area contributed by atoms with Crippen molar-refractivity contribution in [1.29, 1.82) is 0 Å². The van der Waals surface area contributed by atoms with Gasteiger partial charge in [-0.2, -0.15) is 0 Å². The second kappa shape index (κ2) is 8.52. The number of piperazine rings is 1. The number of benzene rings is 2. The number of aryl methyl sites for hydroxylation is 1. The van der Waals surface area contributed by atoms with Gasteiger partial charge in [-0.05, 0) is 53.8 Å². The molecule has 8 heteroatoms. The molecule has 0 aromatic heterocycles. The summed E-state index contributed by atoms with van der Waals surface area (Å²) in [6, 6.07) is 12.4. The molecule has 1 aliphatic carbocycles. The van der Waals surface area contributed by atoms with Crippen molar-refractivity contribution in [3.05, 3.63) is 53.1 Å². The first-order chi connectivity index (χ1) is 16.2. The summed E-state index contributed by atoms with van der Waals surface area (Å²) < 4.78 is 16.3. The van der Waals surface area contributed by atoms with Gasteiger partial charge in [0, 0.05) is 38.6 Å². The van der Waals surface area contributed by atoms with Crippen LogP contribution in [0.2, 0.25) is 0 Å². The molecule has 174 valence electrons. The Labute approximate surface area is 193 Å². The first kappa shape index (κ1) is 20.8. The predicted molar refractivity (Wildman–Crippen MR) is 122 cm³/mol. The summed E-state index contributed by atoms with van der Waals surface area (Å²) in [6.45, 7) is 4.41. The average Bonchev–Trinajstić information content (AvgIpc) is 3.50. The van der Waals surface area contributed by atoms with Crippen molar-refractivity contribution in [2.24, 2.45) is 5.92 Å². The molecule has 3 unspecified atom stereocenters. The first-order valence-corrected chi connectivity index (χ1v) is 11.8. The summed E-state index contributed by atoms with van der Waals surface area (Å²) in [4.78, 5) is 17.8. The lowest BCUT2D eigenvalue weighted by atomic mass is 9.77. The highest BCUT2D eigenvalue weighted by atomic mass is 16.7. The van der Waals surface area contributed by atoms with E-state index < -0.39 is 0 Å². The lowest BCUT2D eigenvalue weighted by Gasteiger charge is -2.37. The number of methoxy groups -OCH3 is 1. The minimum Gasteiger partial charge on any atom is -0.497 e. The van der Waals surface area contributed by atoms with Crippen molar-refractivity contribution in [3.63, 3.8) is 0 Å². The molecule has 2 aromatic carbocycles. The number of fused-ring (bicyclic) bond motifs is 4. The van der Waals surface area contributed by atoms with Crippen LogP contribution in [-0.2, 0) is 17.8 Å². The van der Waals surface area contributed by atoms with E-state index in [1.54, 1.807) is 7.11 Å². The Kier molecular flexibility index (Phi) is 5.36. The van der Waals surface area contributed by atoms with Crippen LogP contribution in [0.5, 0.6) is 17.2 Å². The Morgan fingerprint density at radius 3 is 2.76 bits per heavy atom. The van der Waals surface area contributed by atoms with Crippen LogP contribution in [0, 0.1) is 5.92 Å². The topological polar surface area (TPSA) is 75.3 Å². The number of nitrogens with one attached hydrogen (secondary N) is 2. The Morgan fingerprint density at radius 1 is 1.06 bits per heavy atom. The Hall–Kier alpha value is -2.81. The molecule has 0 spiro atoms. The van der Waals surface area contributed by atoms with Gasteiger partial charge in [-0.3, -0.25) is 9.69 Å². The zero-order valence-corrected chi connectivity index (χ0v) is 18.9. The van der Waals surface area contributed by atoms with Crippen LogP contribution in [0.1, 0.15) is 29.2 Å². The van der Waals surface area contributed by atoms with E-state index in [1.165, 1.54) is 16.7 Å². The van der Waals surface area contributed by atoms with Crippen molar-refractivity contribution in [2.75, 3.05) is 40.1 Å². The Bertz CT molecular complexity index is 1050. The smallest absolute Gasteiger partial charge is 0.241 e. The van der Waals surface area contributed by atoms with E-state index in [1.807, 2.05) is 17.0 Å². The Balaban J connectivity index is 1.06. The van der Waals surface area contributed by atoms with Crippen molar-refractivity contribution in [2.45, 2.75) is 31.5 Å². The molecule has 2 saturated heterocycles. The molecule has 3 aliphatic heterocycles. The highest BCUT2D eigenvalue weighted by Gasteiger charge is 2.45. The van der Waals surface area contributed by atoms with E-state index in [2.05, 4.69) is 40.0 Å². The summed E-state index contributed by atoms with van der Waals surface area (Å²) in [5.74, 6) is 3.02. The molecule has 6 rings (SSSR count). The number of hydrogen-bond donors (Lipinski definition) is 2. The average molecular weight is 451 g/mol. The first-order valence-electron chi connectivity index (χ1n) is 11.8. The maximum absolute atomic E-state index is 13.4. The molecular formula is C25H30N4O4. The molecule has 1 amide bonds. The molecule has 0 bridgehead atoms. The van der Waals surface area contributed by atoms with Crippen LogP contribution in [-0.4, -0.2) is 61.8 Å². The van der Waals surface area contributed by atoms with Crippen molar-refractivity contribution >= 4 is 5.91 Å². The lowest BCUT2D eigenvalue weighted by molar-refractivity contribution is -0.136. The molecule has 0 saturated carbocycles. The third-order valence-electron chi connectivity index (χ3n) is 7.48. The normalized spacial score (nSPS) is 26.1. The maximum Gasteiger partial charge on any atom is 0.241 e.